The van der Waals surface area contributed by atoms with Crippen LogP contribution in [0.5, 0.6) is 5.75 Å². The van der Waals surface area contributed by atoms with Crippen molar-refractivity contribution in [3.63, 3.8) is 0 Å². The molecule has 6 heteroatoms. The van der Waals surface area contributed by atoms with Crippen LogP contribution >= 0.6 is 24.0 Å². The minimum Gasteiger partial charge on any atom is -0.497 e. The van der Waals surface area contributed by atoms with E-state index in [1.165, 1.54) is 12.1 Å². The first-order valence-electron chi connectivity index (χ1n) is 6.13. The van der Waals surface area contributed by atoms with Gasteiger partial charge in [-0.3, -0.25) is 0 Å². The second-order valence-corrected chi connectivity index (χ2v) is 4.19. The van der Waals surface area contributed by atoms with Crippen LogP contribution in [0.15, 0.2) is 53.5 Å². The van der Waals surface area contributed by atoms with Gasteiger partial charge < -0.3 is 15.8 Å². The maximum Gasteiger partial charge on any atom is 0.193 e. The van der Waals surface area contributed by atoms with Crippen LogP contribution in [0.2, 0.25) is 0 Å². The molecule has 0 fully saturated rings. The molecule has 0 unspecified atom stereocenters. The molecule has 0 heterocycles. The highest BCUT2D eigenvalue weighted by atomic mass is 127. The summed E-state index contributed by atoms with van der Waals surface area (Å²) in [4.78, 5) is 4.16. The first kappa shape index (κ1) is 17.2. The average molecular weight is 401 g/mol. The Kier molecular flexibility index (Phi) is 6.93. The predicted octanol–water partition coefficient (Wildman–Crippen LogP) is 3.38. The van der Waals surface area contributed by atoms with E-state index < -0.39 is 0 Å². The van der Waals surface area contributed by atoms with Gasteiger partial charge in [-0.05, 0) is 29.8 Å². The summed E-state index contributed by atoms with van der Waals surface area (Å²) in [6.07, 6.45) is 0. The van der Waals surface area contributed by atoms with E-state index in [4.69, 9.17) is 10.5 Å². The highest BCUT2D eigenvalue weighted by Gasteiger charge is 1.98. The standard InChI is InChI=1S/C15H16FN3O.HI/c1-20-14-7-3-6-13(9-14)19-15(17)18-10-11-4-2-5-12(16)8-11;/h2-9H,10H2,1H3,(H3,17,18,19);1H. The van der Waals surface area contributed by atoms with Crippen molar-refractivity contribution in [2.75, 3.05) is 12.4 Å². The molecule has 2 rings (SSSR count). The zero-order valence-electron chi connectivity index (χ0n) is 11.5. The number of ether oxygens (including phenoxy) is 1. The van der Waals surface area contributed by atoms with Crippen LogP contribution in [-0.2, 0) is 6.54 Å². The van der Waals surface area contributed by atoms with Gasteiger partial charge in [0.15, 0.2) is 5.96 Å². The molecule has 0 radical (unpaired) electrons. The van der Waals surface area contributed by atoms with Gasteiger partial charge in [0.2, 0.25) is 0 Å². The highest BCUT2D eigenvalue weighted by molar-refractivity contribution is 14.0. The zero-order valence-corrected chi connectivity index (χ0v) is 13.9. The number of guanidine groups is 1. The quantitative estimate of drug-likeness (QED) is 0.469. The molecule has 21 heavy (non-hydrogen) atoms. The largest absolute Gasteiger partial charge is 0.497 e. The summed E-state index contributed by atoms with van der Waals surface area (Å²) in [6, 6.07) is 13.6. The van der Waals surface area contributed by atoms with Crippen LogP contribution in [0.25, 0.3) is 0 Å². The number of benzene rings is 2. The number of hydrogen-bond donors (Lipinski definition) is 2. The lowest BCUT2D eigenvalue weighted by molar-refractivity contribution is 0.415. The van der Waals surface area contributed by atoms with Crippen molar-refractivity contribution in [3.05, 3.63) is 59.9 Å². The van der Waals surface area contributed by atoms with Crippen LogP contribution in [0.3, 0.4) is 0 Å². The Balaban J connectivity index is 0.00000220. The average Bonchev–Trinajstić information content (AvgIpc) is 2.45. The van der Waals surface area contributed by atoms with E-state index in [0.29, 0.717) is 6.54 Å². The Hall–Kier alpha value is -1.83. The fraction of sp³-hybridized carbons (Fsp3) is 0.133. The van der Waals surface area contributed by atoms with E-state index in [2.05, 4.69) is 10.3 Å². The molecule has 4 nitrogen and oxygen atoms in total. The topological polar surface area (TPSA) is 59.6 Å². The molecule has 2 aromatic carbocycles. The van der Waals surface area contributed by atoms with Crippen LogP contribution in [0.4, 0.5) is 10.1 Å². The fourth-order valence-corrected chi connectivity index (χ4v) is 1.70. The molecule has 2 aromatic rings. The number of nitrogens with two attached hydrogens (primary N) is 1. The van der Waals surface area contributed by atoms with Crippen LogP contribution in [0, 0.1) is 5.82 Å². The van der Waals surface area contributed by atoms with Crippen molar-refractivity contribution < 1.29 is 9.13 Å². The number of rotatable bonds is 4. The van der Waals surface area contributed by atoms with Crippen molar-refractivity contribution >= 4 is 35.6 Å². The van der Waals surface area contributed by atoms with E-state index in [0.717, 1.165) is 17.0 Å². The lowest BCUT2D eigenvalue weighted by Crippen LogP contribution is -2.22. The molecule has 0 aliphatic rings. The van der Waals surface area contributed by atoms with Crippen molar-refractivity contribution in [1.82, 2.24) is 0 Å². The number of methoxy groups -OCH3 is 1. The summed E-state index contributed by atoms with van der Waals surface area (Å²) in [7, 11) is 1.60. The summed E-state index contributed by atoms with van der Waals surface area (Å²) < 4.78 is 18.1. The van der Waals surface area contributed by atoms with Crippen molar-refractivity contribution in [3.8, 4) is 5.75 Å². The maximum atomic E-state index is 13.0. The van der Waals surface area contributed by atoms with Crippen molar-refractivity contribution in [2.45, 2.75) is 6.54 Å². The van der Waals surface area contributed by atoms with Gasteiger partial charge in [-0.1, -0.05) is 18.2 Å². The number of aliphatic imine (C=N–C) groups is 1. The number of nitrogens with one attached hydrogen (secondary N) is 1. The van der Waals surface area contributed by atoms with E-state index in [-0.39, 0.29) is 35.8 Å². The van der Waals surface area contributed by atoms with Crippen LogP contribution in [0.1, 0.15) is 5.56 Å². The Morgan fingerprint density at radius 2 is 2.00 bits per heavy atom. The predicted molar refractivity (Wildman–Crippen MR) is 93.8 cm³/mol. The number of nitrogens with zero attached hydrogens (tertiary/aromatic N) is 1. The molecule has 0 aromatic heterocycles. The molecule has 0 saturated carbocycles. The zero-order chi connectivity index (χ0) is 14.4. The Bertz CT molecular complexity index is 619. The highest BCUT2D eigenvalue weighted by Crippen LogP contribution is 2.16. The minimum absolute atomic E-state index is 0. The number of anilines is 1. The molecule has 0 spiro atoms. The molecule has 0 atom stereocenters. The second-order valence-electron chi connectivity index (χ2n) is 4.19. The Morgan fingerprint density at radius 3 is 2.71 bits per heavy atom. The van der Waals surface area contributed by atoms with Gasteiger partial charge in [-0.25, -0.2) is 9.38 Å². The fourth-order valence-electron chi connectivity index (χ4n) is 1.70. The summed E-state index contributed by atoms with van der Waals surface area (Å²) in [5.74, 6) is 0.715. The molecule has 3 N–H and O–H groups in total. The number of hydrogen-bond acceptors (Lipinski definition) is 2. The van der Waals surface area contributed by atoms with E-state index >= 15 is 0 Å². The van der Waals surface area contributed by atoms with Crippen molar-refractivity contribution in [2.24, 2.45) is 10.7 Å². The third-order valence-electron chi connectivity index (χ3n) is 2.66. The molecule has 0 saturated heterocycles. The molecule has 112 valence electrons. The molecular formula is C15H17FIN3O. The van der Waals surface area contributed by atoms with E-state index in [9.17, 15) is 4.39 Å². The van der Waals surface area contributed by atoms with Gasteiger partial charge in [-0.2, -0.15) is 0 Å². The molecule has 0 aliphatic heterocycles. The van der Waals surface area contributed by atoms with Gasteiger partial charge in [0.1, 0.15) is 11.6 Å². The molecule has 0 amide bonds. The van der Waals surface area contributed by atoms with E-state index in [1.807, 2.05) is 24.3 Å². The molecular weight excluding hydrogens is 384 g/mol. The SMILES string of the molecule is COc1cccc(NC(N)=NCc2cccc(F)c2)c1.I. The normalized spacial score (nSPS) is 10.7. The van der Waals surface area contributed by atoms with E-state index in [1.54, 1.807) is 19.2 Å². The van der Waals surface area contributed by atoms with Gasteiger partial charge >= 0.3 is 0 Å². The summed E-state index contributed by atoms with van der Waals surface area (Å²) >= 11 is 0. The van der Waals surface area contributed by atoms with Gasteiger partial charge in [0.25, 0.3) is 0 Å². The summed E-state index contributed by atoms with van der Waals surface area (Å²) in [5.41, 5.74) is 7.33. The first-order valence-corrected chi connectivity index (χ1v) is 6.13. The van der Waals surface area contributed by atoms with Crippen molar-refractivity contribution in [1.29, 1.82) is 0 Å². The second kappa shape index (κ2) is 8.46. The smallest absolute Gasteiger partial charge is 0.193 e. The van der Waals surface area contributed by atoms with Gasteiger partial charge in [0, 0.05) is 11.8 Å². The molecule has 0 bridgehead atoms. The third kappa shape index (κ3) is 5.58. The first-order chi connectivity index (χ1) is 9.67. The summed E-state index contributed by atoms with van der Waals surface area (Å²) in [6.45, 7) is 0.320. The maximum absolute atomic E-state index is 13.0. The Labute approximate surface area is 140 Å². The number of halogens is 2. The van der Waals surface area contributed by atoms with Gasteiger partial charge in [-0.15, -0.1) is 24.0 Å². The lowest BCUT2D eigenvalue weighted by Gasteiger charge is -2.07. The third-order valence-corrected chi connectivity index (χ3v) is 2.66. The Morgan fingerprint density at radius 1 is 1.24 bits per heavy atom. The van der Waals surface area contributed by atoms with Crippen LogP contribution < -0.4 is 15.8 Å². The summed E-state index contributed by atoms with van der Waals surface area (Å²) in [5, 5.41) is 2.96. The minimum atomic E-state index is -0.281. The van der Waals surface area contributed by atoms with Crippen LogP contribution in [-0.4, -0.2) is 13.1 Å². The lowest BCUT2D eigenvalue weighted by atomic mass is 10.2. The van der Waals surface area contributed by atoms with Gasteiger partial charge in [0.05, 0.1) is 13.7 Å². The molecule has 0 aliphatic carbocycles. The monoisotopic (exact) mass is 401 g/mol.